The molecule has 0 atom stereocenters. The number of aromatic nitrogens is 1. The molecule has 1 aromatic heterocycles. The number of hydrogen-bond acceptors (Lipinski definition) is 6. The lowest BCUT2D eigenvalue weighted by Gasteiger charge is -2.29. The summed E-state index contributed by atoms with van der Waals surface area (Å²) in [6.45, 7) is 5.41. The fourth-order valence-electron chi connectivity index (χ4n) is 4.32. The molecule has 2 aliphatic rings. The largest absolute Gasteiger partial charge is 0.497 e. The molecule has 5 rings (SSSR count). The van der Waals surface area contributed by atoms with E-state index in [9.17, 15) is 4.79 Å². The van der Waals surface area contributed by atoms with E-state index in [1.165, 1.54) is 0 Å². The first-order valence-corrected chi connectivity index (χ1v) is 10.7. The predicted molar refractivity (Wildman–Crippen MR) is 121 cm³/mol. The first-order valence-electron chi connectivity index (χ1n) is 10.7. The summed E-state index contributed by atoms with van der Waals surface area (Å²) >= 11 is 0. The highest BCUT2D eigenvalue weighted by molar-refractivity contribution is 6.15. The molecule has 0 aliphatic carbocycles. The first-order chi connectivity index (χ1) is 15.6. The highest BCUT2D eigenvalue weighted by Gasteiger charge is 2.33. The lowest BCUT2D eigenvalue weighted by Crippen LogP contribution is -2.34. The number of ketones is 1. The van der Waals surface area contributed by atoms with Crippen molar-refractivity contribution >= 4 is 22.8 Å². The minimum atomic E-state index is -0.114. The van der Waals surface area contributed by atoms with Crippen molar-refractivity contribution < 1.29 is 23.7 Å². The summed E-state index contributed by atoms with van der Waals surface area (Å²) in [5.41, 5.74) is 3.48. The van der Waals surface area contributed by atoms with Gasteiger partial charge in [0, 0.05) is 49.4 Å². The number of benzene rings is 2. The Morgan fingerprint density at radius 2 is 2.06 bits per heavy atom. The molecule has 3 aromatic rings. The topological polar surface area (TPSA) is 62.2 Å². The number of ether oxygens (including phenoxy) is 4. The van der Waals surface area contributed by atoms with Crippen LogP contribution in [0.5, 0.6) is 17.2 Å². The van der Waals surface area contributed by atoms with Crippen LogP contribution in [0, 0.1) is 0 Å². The molecule has 0 unspecified atom stereocenters. The van der Waals surface area contributed by atoms with Crippen molar-refractivity contribution in [2.24, 2.45) is 0 Å². The Labute approximate surface area is 186 Å². The van der Waals surface area contributed by atoms with Crippen LogP contribution in [0.1, 0.15) is 28.4 Å². The zero-order chi connectivity index (χ0) is 22.2. The van der Waals surface area contributed by atoms with Crippen LogP contribution in [0.3, 0.4) is 0 Å². The van der Waals surface area contributed by atoms with E-state index in [1.807, 2.05) is 36.5 Å². The molecule has 0 bridgehead atoms. The Hall–Kier alpha value is -3.29. The lowest BCUT2D eigenvalue weighted by atomic mass is 10.0. The van der Waals surface area contributed by atoms with Crippen molar-refractivity contribution in [2.75, 3.05) is 34.1 Å². The van der Waals surface area contributed by atoms with Gasteiger partial charge in [-0.05, 0) is 43.3 Å². The van der Waals surface area contributed by atoms with Gasteiger partial charge in [0.05, 0.1) is 24.8 Å². The number of rotatable bonds is 6. The Balaban J connectivity index is 1.52. The summed E-state index contributed by atoms with van der Waals surface area (Å²) in [7, 11) is 3.33. The Bertz CT molecular complexity index is 1230. The van der Waals surface area contributed by atoms with Gasteiger partial charge in [-0.25, -0.2) is 0 Å². The molecule has 0 saturated carbocycles. The van der Waals surface area contributed by atoms with Gasteiger partial charge in [-0.1, -0.05) is 0 Å². The second kappa shape index (κ2) is 8.33. The van der Waals surface area contributed by atoms with E-state index in [1.54, 1.807) is 20.3 Å². The van der Waals surface area contributed by atoms with Gasteiger partial charge in [-0.3, -0.25) is 9.69 Å². The van der Waals surface area contributed by atoms with Gasteiger partial charge in [0.25, 0.3) is 0 Å². The van der Waals surface area contributed by atoms with E-state index in [0.29, 0.717) is 37.0 Å². The van der Waals surface area contributed by atoms with Gasteiger partial charge in [-0.2, -0.15) is 0 Å². The Kier molecular flexibility index (Phi) is 5.36. The van der Waals surface area contributed by atoms with Crippen molar-refractivity contribution in [1.82, 2.24) is 9.47 Å². The van der Waals surface area contributed by atoms with Gasteiger partial charge < -0.3 is 23.5 Å². The van der Waals surface area contributed by atoms with Crippen LogP contribution >= 0.6 is 0 Å². The molecule has 0 fully saturated rings. The Morgan fingerprint density at radius 3 is 2.84 bits per heavy atom. The van der Waals surface area contributed by atoms with E-state index in [2.05, 4.69) is 16.4 Å². The second-order valence-electron chi connectivity index (χ2n) is 7.93. The van der Waals surface area contributed by atoms with E-state index in [-0.39, 0.29) is 5.78 Å². The molecule has 0 N–H and O–H groups in total. The van der Waals surface area contributed by atoms with Crippen LogP contribution < -0.4 is 14.2 Å². The second-order valence-corrected chi connectivity index (χ2v) is 7.93. The number of nitrogens with zero attached hydrogens (tertiary/aromatic N) is 2. The van der Waals surface area contributed by atoms with Crippen LogP contribution in [0.15, 0.2) is 42.3 Å². The highest BCUT2D eigenvalue weighted by atomic mass is 16.5. The minimum Gasteiger partial charge on any atom is -0.497 e. The summed E-state index contributed by atoms with van der Waals surface area (Å²) in [4.78, 5) is 15.3. The monoisotopic (exact) mass is 434 g/mol. The number of aryl methyl sites for hydroxylation is 1. The third kappa shape index (κ3) is 3.43. The quantitative estimate of drug-likeness (QED) is 0.545. The van der Waals surface area contributed by atoms with Crippen molar-refractivity contribution in [2.45, 2.75) is 20.0 Å². The van der Waals surface area contributed by atoms with Crippen LogP contribution in [-0.2, 0) is 17.8 Å². The van der Waals surface area contributed by atoms with Crippen molar-refractivity contribution in [3.63, 3.8) is 0 Å². The number of allylic oxidation sites excluding steroid dienone is 1. The summed E-state index contributed by atoms with van der Waals surface area (Å²) in [5.74, 6) is 2.34. The average Bonchev–Trinajstić information content (AvgIpc) is 3.34. The van der Waals surface area contributed by atoms with Gasteiger partial charge in [0.15, 0.2) is 5.76 Å². The number of Topliss-reactive ketones (excluding diaryl/α,β-unsaturated/α-hetero) is 1. The molecule has 0 amide bonds. The number of hydrogen-bond donors (Lipinski definition) is 0. The zero-order valence-corrected chi connectivity index (χ0v) is 18.5. The molecule has 166 valence electrons. The van der Waals surface area contributed by atoms with Gasteiger partial charge in [-0.15, -0.1) is 0 Å². The van der Waals surface area contributed by atoms with E-state index >= 15 is 0 Å². The van der Waals surface area contributed by atoms with E-state index in [0.717, 1.165) is 46.6 Å². The number of carbonyl (C=O) groups excluding carboxylic acids is 1. The minimum absolute atomic E-state index is 0.114. The average molecular weight is 434 g/mol. The summed E-state index contributed by atoms with van der Waals surface area (Å²) in [5, 5.41) is 1.02. The molecule has 7 nitrogen and oxygen atoms in total. The van der Waals surface area contributed by atoms with E-state index < -0.39 is 0 Å². The number of methoxy groups -OCH3 is 2. The van der Waals surface area contributed by atoms with Gasteiger partial charge >= 0.3 is 0 Å². The standard InChI is InChI=1S/C25H26N2O5/c1-4-27-13-16(19-12-17(30-3)5-7-21(19)27)11-23-24(28)18-6-8-22-20(25(18)32-23)14-26(15-31-22)9-10-29-2/h5-8,11-13H,4,9-10,14-15H2,1-3H3/b23-11-. The van der Waals surface area contributed by atoms with Crippen LogP contribution in [0.2, 0.25) is 0 Å². The molecule has 2 aromatic carbocycles. The Morgan fingerprint density at radius 1 is 1.19 bits per heavy atom. The molecule has 7 heteroatoms. The molecule has 32 heavy (non-hydrogen) atoms. The van der Waals surface area contributed by atoms with Crippen LogP contribution in [0.25, 0.3) is 17.0 Å². The highest BCUT2D eigenvalue weighted by Crippen LogP contribution is 2.42. The maximum absolute atomic E-state index is 13.2. The molecular weight excluding hydrogens is 408 g/mol. The zero-order valence-electron chi connectivity index (χ0n) is 18.5. The molecular formula is C25H26N2O5. The summed E-state index contributed by atoms with van der Waals surface area (Å²) < 4.78 is 24.8. The number of carbonyl (C=O) groups is 1. The molecule has 0 radical (unpaired) electrons. The van der Waals surface area contributed by atoms with Crippen LogP contribution in [-0.4, -0.2) is 49.4 Å². The molecule has 2 aliphatic heterocycles. The maximum atomic E-state index is 13.2. The van der Waals surface area contributed by atoms with Gasteiger partial charge in [0.2, 0.25) is 5.78 Å². The fourth-order valence-corrected chi connectivity index (χ4v) is 4.32. The van der Waals surface area contributed by atoms with Crippen LogP contribution in [0.4, 0.5) is 0 Å². The SMILES string of the molecule is CCn1cc(/C=C2\Oc3c(ccc4c3CN(CCOC)CO4)C2=O)c2cc(OC)ccc21. The van der Waals surface area contributed by atoms with Crippen molar-refractivity contribution in [3.05, 3.63) is 59.0 Å². The lowest BCUT2D eigenvalue weighted by molar-refractivity contribution is 0.0646. The smallest absolute Gasteiger partial charge is 0.231 e. The molecule has 3 heterocycles. The maximum Gasteiger partial charge on any atom is 0.231 e. The third-order valence-corrected chi connectivity index (χ3v) is 6.04. The van der Waals surface area contributed by atoms with Gasteiger partial charge in [0.1, 0.15) is 24.0 Å². The summed E-state index contributed by atoms with van der Waals surface area (Å²) in [6.07, 6.45) is 3.87. The third-order valence-electron chi connectivity index (χ3n) is 6.04. The predicted octanol–water partition coefficient (Wildman–Crippen LogP) is 4.08. The molecule has 0 saturated heterocycles. The van der Waals surface area contributed by atoms with Crippen molar-refractivity contribution in [1.29, 1.82) is 0 Å². The summed E-state index contributed by atoms with van der Waals surface area (Å²) in [6, 6.07) is 9.62. The number of fused-ring (bicyclic) bond motifs is 4. The van der Waals surface area contributed by atoms with Crippen molar-refractivity contribution in [3.8, 4) is 17.2 Å². The van der Waals surface area contributed by atoms with E-state index in [4.69, 9.17) is 18.9 Å². The first kappa shape index (κ1) is 20.6. The molecule has 0 spiro atoms. The normalized spacial score (nSPS) is 16.7. The fraction of sp³-hybridized carbons (Fsp3) is 0.320.